The van der Waals surface area contributed by atoms with Crippen molar-refractivity contribution in [1.82, 2.24) is 5.27 Å². The highest BCUT2D eigenvalue weighted by atomic mass is 35.5. The maximum Gasteiger partial charge on any atom is 0.440 e. The smallest absolute Gasteiger partial charge is 0.440 e. The zero-order valence-corrected chi connectivity index (χ0v) is 10.9. The summed E-state index contributed by atoms with van der Waals surface area (Å²) >= 11 is 5.86. The molecule has 8 nitrogen and oxygen atoms in total. The number of aromatic amines is 1. The van der Waals surface area contributed by atoms with Gasteiger partial charge in [-0.2, -0.15) is 0 Å². The Bertz CT molecular complexity index is 749. The number of benzene rings is 1. The first-order valence-corrected chi connectivity index (χ1v) is 5.69. The van der Waals surface area contributed by atoms with Crippen LogP contribution in [-0.4, -0.2) is 22.3 Å². The van der Waals surface area contributed by atoms with Gasteiger partial charge in [-0.05, 0) is 23.5 Å². The summed E-state index contributed by atoms with van der Waals surface area (Å²) in [7, 11) is 1.41. The van der Waals surface area contributed by atoms with Gasteiger partial charge in [0, 0.05) is 0 Å². The number of H-pyrrole nitrogens is 1. The minimum atomic E-state index is -1.16. The number of carboxylic acid groups (broad SMARTS) is 1. The lowest BCUT2D eigenvalue weighted by Crippen LogP contribution is -2.41. The van der Waals surface area contributed by atoms with Gasteiger partial charge in [0.2, 0.25) is 0 Å². The molecule has 1 amide bonds. The van der Waals surface area contributed by atoms with Crippen LogP contribution >= 0.6 is 11.6 Å². The normalized spacial score (nSPS) is 10.3. The fraction of sp³-hybridized carbons (Fsp3) is 0.0909. The molecule has 20 heavy (non-hydrogen) atoms. The molecule has 2 rings (SSSR count). The van der Waals surface area contributed by atoms with Gasteiger partial charge in [0.15, 0.2) is 7.05 Å². The number of rotatable bonds is 3. The number of aryl methyl sites for hydroxylation is 1. The standard InChI is InChI=1S/C11H8ClN3O5/c1-15-8(11(19)20-14-15)9(16)13-7-4-5(10(17)18)2-3-6(7)12/h2-4H,1H3,(H2-,13,14,16,17,18,19)/p+1. The van der Waals surface area contributed by atoms with Gasteiger partial charge < -0.3 is 10.4 Å². The fourth-order valence-electron chi connectivity index (χ4n) is 1.52. The molecule has 1 aromatic heterocycles. The highest BCUT2D eigenvalue weighted by Gasteiger charge is 2.27. The van der Waals surface area contributed by atoms with E-state index in [-0.39, 0.29) is 22.0 Å². The highest BCUT2D eigenvalue weighted by Crippen LogP contribution is 2.23. The van der Waals surface area contributed by atoms with Gasteiger partial charge in [0.25, 0.3) is 0 Å². The van der Waals surface area contributed by atoms with Crippen LogP contribution in [0.2, 0.25) is 5.02 Å². The second kappa shape index (κ2) is 5.17. The quantitative estimate of drug-likeness (QED) is 0.709. The molecule has 1 aromatic carbocycles. The summed E-state index contributed by atoms with van der Waals surface area (Å²) in [5, 5.41) is 13.6. The van der Waals surface area contributed by atoms with Crippen LogP contribution in [-0.2, 0) is 7.05 Å². The van der Waals surface area contributed by atoms with E-state index in [1.165, 1.54) is 25.2 Å². The number of hydrogen-bond donors (Lipinski definition) is 3. The average molecular weight is 299 g/mol. The van der Waals surface area contributed by atoms with E-state index in [1.54, 1.807) is 0 Å². The molecule has 0 aliphatic heterocycles. The van der Waals surface area contributed by atoms with Crippen LogP contribution in [0.1, 0.15) is 20.8 Å². The van der Waals surface area contributed by atoms with E-state index >= 15 is 0 Å². The zero-order chi connectivity index (χ0) is 14.9. The Kier molecular flexibility index (Phi) is 3.57. The van der Waals surface area contributed by atoms with E-state index in [0.717, 1.165) is 4.68 Å². The third-order valence-electron chi connectivity index (χ3n) is 2.48. The van der Waals surface area contributed by atoms with Crippen molar-refractivity contribution in [3.05, 3.63) is 44.9 Å². The van der Waals surface area contributed by atoms with E-state index in [1.807, 2.05) is 0 Å². The molecule has 0 saturated heterocycles. The second-order valence-electron chi connectivity index (χ2n) is 3.84. The van der Waals surface area contributed by atoms with Crippen LogP contribution in [0.15, 0.2) is 27.5 Å². The zero-order valence-electron chi connectivity index (χ0n) is 10.1. The lowest BCUT2D eigenvalue weighted by Gasteiger charge is -2.05. The van der Waals surface area contributed by atoms with Crippen LogP contribution in [0.25, 0.3) is 0 Å². The Labute approximate surface area is 116 Å². The number of amides is 1. The topological polar surface area (TPSA) is 116 Å². The second-order valence-corrected chi connectivity index (χ2v) is 4.25. The Morgan fingerprint density at radius 3 is 2.70 bits per heavy atom. The maximum atomic E-state index is 11.9. The van der Waals surface area contributed by atoms with E-state index in [4.69, 9.17) is 16.7 Å². The molecule has 104 valence electrons. The molecule has 0 unspecified atom stereocenters. The summed E-state index contributed by atoms with van der Waals surface area (Å²) in [5.74, 6) is -1.93. The molecule has 0 aliphatic rings. The number of aromatic nitrogens is 2. The number of nitrogens with one attached hydrogen (secondary N) is 2. The Morgan fingerprint density at radius 2 is 2.15 bits per heavy atom. The van der Waals surface area contributed by atoms with Crippen LogP contribution < -0.4 is 15.6 Å². The predicted molar refractivity (Wildman–Crippen MR) is 66.9 cm³/mol. The van der Waals surface area contributed by atoms with Crippen LogP contribution in [0.4, 0.5) is 5.69 Å². The summed E-state index contributed by atoms with van der Waals surface area (Å²) in [6.07, 6.45) is 0. The Balaban J connectivity index is 2.35. The highest BCUT2D eigenvalue weighted by molar-refractivity contribution is 6.34. The number of aromatic carboxylic acids is 1. The maximum absolute atomic E-state index is 11.9. The minimum absolute atomic E-state index is 0.0461. The van der Waals surface area contributed by atoms with Gasteiger partial charge in [-0.1, -0.05) is 16.3 Å². The number of carbonyl (C=O) groups excluding carboxylic acids is 1. The number of hydrogen-bond acceptors (Lipinski definition) is 4. The molecule has 3 N–H and O–H groups in total. The van der Waals surface area contributed by atoms with E-state index in [9.17, 15) is 14.4 Å². The summed E-state index contributed by atoms with van der Waals surface area (Å²) in [4.78, 5) is 34.1. The van der Waals surface area contributed by atoms with Crippen LogP contribution in [0, 0.1) is 0 Å². The summed E-state index contributed by atoms with van der Waals surface area (Å²) in [6.45, 7) is 0. The van der Waals surface area contributed by atoms with Crippen molar-refractivity contribution in [2.75, 3.05) is 5.32 Å². The van der Waals surface area contributed by atoms with Crippen molar-refractivity contribution in [3.8, 4) is 0 Å². The largest absolute Gasteiger partial charge is 0.478 e. The van der Waals surface area contributed by atoms with Crippen molar-refractivity contribution in [1.29, 1.82) is 0 Å². The van der Waals surface area contributed by atoms with Crippen molar-refractivity contribution in [3.63, 3.8) is 0 Å². The number of anilines is 1. The molecule has 0 spiro atoms. The van der Waals surface area contributed by atoms with Crippen molar-refractivity contribution >= 4 is 29.2 Å². The van der Waals surface area contributed by atoms with Gasteiger partial charge in [-0.3, -0.25) is 9.32 Å². The lowest BCUT2D eigenvalue weighted by molar-refractivity contribution is -0.741. The summed E-state index contributed by atoms with van der Waals surface area (Å²) in [6, 6.07) is 3.82. The summed E-state index contributed by atoms with van der Waals surface area (Å²) in [5.41, 5.74) is -1.09. The van der Waals surface area contributed by atoms with Crippen molar-refractivity contribution in [2.24, 2.45) is 7.05 Å². The Hall–Kier alpha value is -2.61. The van der Waals surface area contributed by atoms with Gasteiger partial charge in [-0.25, -0.2) is 9.59 Å². The molecular weight excluding hydrogens is 290 g/mol. The first-order valence-electron chi connectivity index (χ1n) is 5.32. The van der Waals surface area contributed by atoms with Crippen LogP contribution in [0.3, 0.4) is 0 Å². The molecule has 0 fully saturated rings. The van der Waals surface area contributed by atoms with Gasteiger partial charge in [0.05, 0.1) is 16.3 Å². The first kappa shape index (κ1) is 13.8. The third kappa shape index (κ3) is 2.54. The number of nitrogens with zero attached hydrogens (tertiary/aromatic N) is 1. The Morgan fingerprint density at radius 1 is 1.45 bits per heavy atom. The average Bonchev–Trinajstić information content (AvgIpc) is 2.71. The first-order chi connectivity index (χ1) is 9.40. The molecule has 0 saturated carbocycles. The number of carboxylic acids is 1. The summed E-state index contributed by atoms with van der Waals surface area (Å²) < 4.78 is 5.53. The molecule has 0 bridgehead atoms. The monoisotopic (exact) mass is 298 g/mol. The minimum Gasteiger partial charge on any atom is -0.478 e. The van der Waals surface area contributed by atoms with Gasteiger partial charge in [0.1, 0.15) is 0 Å². The number of carbonyl (C=O) groups is 2. The van der Waals surface area contributed by atoms with Crippen molar-refractivity contribution < 1.29 is 23.9 Å². The molecule has 2 aromatic rings. The predicted octanol–water partition coefficient (Wildman–Crippen LogP) is 0.396. The third-order valence-corrected chi connectivity index (χ3v) is 2.81. The van der Waals surface area contributed by atoms with E-state index in [2.05, 4.69) is 15.1 Å². The molecule has 9 heteroatoms. The molecule has 0 radical (unpaired) electrons. The molecule has 0 atom stereocenters. The van der Waals surface area contributed by atoms with E-state index in [0.29, 0.717) is 0 Å². The fourth-order valence-corrected chi connectivity index (χ4v) is 1.69. The van der Waals surface area contributed by atoms with Gasteiger partial charge in [-0.15, -0.1) is 0 Å². The van der Waals surface area contributed by atoms with Gasteiger partial charge >= 0.3 is 23.2 Å². The van der Waals surface area contributed by atoms with E-state index < -0.39 is 17.5 Å². The van der Waals surface area contributed by atoms with Crippen molar-refractivity contribution in [2.45, 2.75) is 0 Å². The van der Waals surface area contributed by atoms with Crippen LogP contribution in [0.5, 0.6) is 0 Å². The molecular formula is C11H9ClN3O5+. The molecule has 1 heterocycles. The molecule has 0 aliphatic carbocycles. The lowest BCUT2D eigenvalue weighted by atomic mass is 10.2. The number of halogens is 1. The SMILES string of the molecule is C[n+]1[nH]oc(=O)c1C(=O)Nc1cc(C(=O)O)ccc1Cl.